The maximum atomic E-state index is 10.8. The molecule has 3 nitrogen and oxygen atoms in total. The molecule has 3 rings (SSSR count). The van der Waals surface area contributed by atoms with Gasteiger partial charge in [0.2, 0.25) is 0 Å². The summed E-state index contributed by atoms with van der Waals surface area (Å²) in [4.78, 5) is 13.1. The Morgan fingerprint density at radius 1 is 1.38 bits per heavy atom. The van der Waals surface area contributed by atoms with Gasteiger partial charge in [0.05, 0.1) is 10.6 Å². The topological polar surface area (TPSA) is 40.5 Å². The Kier molecular flexibility index (Phi) is 1.96. The van der Waals surface area contributed by atoms with Crippen molar-refractivity contribution in [2.75, 3.05) is 18.0 Å². The summed E-state index contributed by atoms with van der Waals surface area (Å²) in [5, 5.41) is 9.18. The molecule has 84 valence electrons. The number of anilines is 1. The fourth-order valence-corrected chi connectivity index (χ4v) is 2.57. The molecule has 4 heteroatoms. The second-order valence-corrected chi connectivity index (χ2v) is 5.23. The lowest BCUT2D eigenvalue weighted by Gasteiger charge is -2.42. The Morgan fingerprint density at radius 2 is 2.06 bits per heavy atom. The van der Waals surface area contributed by atoms with E-state index in [0.29, 0.717) is 10.4 Å². The summed E-state index contributed by atoms with van der Waals surface area (Å²) in [7, 11) is 0. The van der Waals surface area contributed by atoms with E-state index in [0.717, 1.165) is 18.8 Å². The average molecular weight is 238 g/mol. The Morgan fingerprint density at radius 3 is 2.56 bits per heavy atom. The summed E-state index contributed by atoms with van der Waals surface area (Å²) in [5.74, 6) is -0.973. The predicted octanol–water partition coefficient (Wildman–Crippen LogP) is 2.64. The van der Waals surface area contributed by atoms with Gasteiger partial charge in [-0.3, -0.25) is 0 Å². The molecule has 0 bridgehead atoms. The normalized spacial score (nSPS) is 20.7. The molecule has 0 amide bonds. The lowest BCUT2D eigenvalue weighted by molar-refractivity contribution is 0.0697. The molecular formula is C12H12ClNO2. The van der Waals surface area contributed by atoms with Gasteiger partial charge in [0.15, 0.2) is 0 Å². The Balaban J connectivity index is 1.81. The quantitative estimate of drug-likeness (QED) is 0.860. The summed E-state index contributed by atoms with van der Waals surface area (Å²) in [5.41, 5.74) is 1.80. The first-order valence-corrected chi connectivity index (χ1v) is 5.75. The zero-order valence-corrected chi connectivity index (χ0v) is 9.50. The molecule has 1 spiro atoms. The highest BCUT2D eigenvalue weighted by Crippen LogP contribution is 2.54. The number of carbonyl (C=O) groups is 1. The van der Waals surface area contributed by atoms with Crippen molar-refractivity contribution in [2.24, 2.45) is 5.41 Å². The fraction of sp³-hybridized carbons (Fsp3) is 0.417. The largest absolute Gasteiger partial charge is 0.478 e. The number of carboxylic acid groups (broad SMARTS) is 1. The van der Waals surface area contributed by atoms with Gasteiger partial charge in [-0.15, -0.1) is 0 Å². The molecule has 1 saturated carbocycles. The molecule has 1 saturated heterocycles. The molecule has 0 atom stereocenters. The average Bonchev–Trinajstić information content (AvgIpc) is 2.94. The molecule has 1 aliphatic carbocycles. The molecule has 0 radical (unpaired) electrons. The van der Waals surface area contributed by atoms with E-state index in [9.17, 15) is 4.79 Å². The maximum absolute atomic E-state index is 10.8. The summed E-state index contributed by atoms with van der Waals surface area (Å²) in [6.07, 6.45) is 2.68. The lowest BCUT2D eigenvalue weighted by Crippen LogP contribution is -2.48. The van der Waals surface area contributed by atoms with Gasteiger partial charge in [-0.1, -0.05) is 11.6 Å². The highest BCUT2D eigenvalue weighted by molar-refractivity contribution is 6.33. The first kappa shape index (κ1) is 9.97. The number of hydrogen-bond donors (Lipinski definition) is 1. The minimum absolute atomic E-state index is 0.173. The highest BCUT2D eigenvalue weighted by atomic mass is 35.5. The second-order valence-electron chi connectivity index (χ2n) is 4.83. The van der Waals surface area contributed by atoms with E-state index in [4.69, 9.17) is 16.7 Å². The first-order chi connectivity index (χ1) is 7.60. The summed E-state index contributed by atoms with van der Waals surface area (Å²) >= 11 is 5.93. The van der Waals surface area contributed by atoms with Gasteiger partial charge in [0.1, 0.15) is 0 Å². The SMILES string of the molecule is O=C(O)c1ccc(N2CC3(CC3)C2)cc1Cl. The summed E-state index contributed by atoms with van der Waals surface area (Å²) in [6, 6.07) is 5.17. The van der Waals surface area contributed by atoms with Crippen LogP contribution in [0.25, 0.3) is 0 Å². The van der Waals surface area contributed by atoms with Crippen molar-refractivity contribution < 1.29 is 9.90 Å². The van der Waals surface area contributed by atoms with Crippen LogP contribution in [0.2, 0.25) is 5.02 Å². The Hall–Kier alpha value is -1.22. The zero-order chi connectivity index (χ0) is 11.3. The van der Waals surface area contributed by atoms with Crippen LogP contribution in [-0.2, 0) is 0 Å². The summed E-state index contributed by atoms with van der Waals surface area (Å²) in [6.45, 7) is 2.19. The number of aromatic carboxylic acids is 1. The predicted molar refractivity (Wildman–Crippen MR) is 62.3 cm³/mol. The number of carboxylic acids is 1. The minimum atomic E-state index is -0.973. The minimum Gasteiger partial charge on any atom is -0.478 e. The van der Waals surface area contributed by atoms with Crippen molar-refractivity contribution in [3.8, 4) is 0 Å². The standard InChI is InChI=1S/C12H12ClNO2/c13-10-5-8(1-2-9(10)11(15)16)14-6-12(7-14)3-4-12/h1-2,5H,3-4,6-7H2,(H,15,16). The molecule has 1 aromatic carbocycles. The van der Waals surface area contributed by atoms with Crippen LogP contribution in [0.5, 0.6) is 0 Å². The molecule has 0 unspecified atom stereocenters. The Labute approximate surface area is 98.6 Å². The molecule has 2 aliphatic rings. The third kappa shape index (κ3) is 1.47. The van der Waals surface area contributed by atoms with Crippen LogP contribution in [0.4, 0.5) is 5.69 Å². The van der Waals surface area contributed by atoms with Gasteiger partial charge >= 0.3 is 5.97 Å². The monoisotopic (exact) mass is 237 g/mol. The number of halogens is 1. The van der Waals surface area contributed by atoms with Crippen molar-refractivity contribution in [2.45, 2.75) is 12.8 Å². The van der Waals surface area contributed by atoms with Gasteiger partial charge in [-0.2, -0.15) is 0 Å². The fourth-order valence-electron chi connectivity index (χ4n) is 2.31. The number of nitrogens with zero attached hydrogens (tertiary/aromatic N) is 1. The van der Waals surface area contributed by atoms with E-state index in [2.05, 4.69) is 4.90 Å². The molecule has 16 heavy (non-hydrogen) atoms. The molecule has 1 aromatic rings. The van der Waals surface area contributed by atoms with Crippen LogP contribution in [0.15, 0.2) is 18.2 Å². The third-order valence-corrected chi connectivity index (χ3v) is 3.87. The van der Waals surface area contributed by atoms with Crippen LogP contribution in [0.1, 0.15) is 23.2 Å². The van der Waals surface area contributed by atoms with Gasteiger partial charge in [-0.25, -0.2) is 4.79 Å². The van der Waals surface area contributed by atoms with Crippen LogP contribution in [0.3, 0.4) is 0 Å². The van der Waals surface area contributed by atoms with E-state index in [-0.39, 0.29) is 5.56 Å². The second kappa shape index (κ2) is 3.14. The van der Waals surface area contributed by atoms with E-state index in [1.165, 1.54) is 12.8 Å². The molecule has 0 aromatic heterocycles. The van der Waals surface area contributed by atoms with Crippen LogP contribution in [0, 0.1) is 5.41 Å². The number of benzene rings is 1. The van der Waals surface area contributed by atoms with Crippen molar-refractivity contribution in [3.63, 3.8) is 0 Å². The van der Waals surface area contributed by atoms with E-state index < -0.39 is 5.97 Å². The van der Waals surface area contributed by atoms with Gasteiger partial charge in [0, 0.05) is 24.2 Å². The van der Waals surface area contributed by atoms with Crippen LogP contribution < -0.4 is 4.90 Å². The molecule has 1 aliphatic heterocycles. The van der Waals surface area contributed by atoms with E-state index in [1.807, 2.05) is 6.07 Å². The highest BCUT2D eigenvalue weighted by Gasteiger charge is 2.52. The molecule has 2 fully saturated rings. The first-order valence-electron chi connectivity index (χ1n) is 5.38. The Bertz CT molecular complexity index is 460. The molecule has 1 N–H and O–H groups in total. The third-order valence-electron chi connectivity index (χ3n) is 3.56. The van der Waals surface area contributed by atoms with Crippen molar-refractivity contribution in [3.05, 3.63) is 28.8 Å². The summed E-state index contributed by atoms with van der Waals surface area (Å²) < 4.78 is 0. The van der Waals surface area contributed by atoms with Gasteiger partial charge in [-0.05, 0) is 31.0 Å². The van der Waals surface area contributed by atoms with Gasteiger partial charge in [0.25, 0.3) is 0 Å². The van der Waals surface area contributed by atoms with Crippen LogP contribution in [-0.4, -0.2) is 24.2 Å². The van der Waals surface area contributed by atoms with Gasteiger partial charge < -0.3 is 10.0 Å². The maximum Gasteiger partial charge on any atom is 0.337 e. The van der Waals surface area contributed by atoms with Crippen molar-refractivity contribution in [1.82, 2.24) is 0 Å². The number of hydrogen-bond acceptors (Lipinski definition) is 2. The van der Waals surface area contributed by atoms with Crippen LogP contribution >= 0.6 is 11.6 Å². The molecular weight excluding hydrogens is 226 g/mol. The van der Waals surface area contributed by atoms with E-state index in [1.54, 1.807) is 12.1 Å². The lowest BCUT2D eigenvalue weighted by atomic mass is 9.96. The zero-order valence-electron chi connectivity index (χ0n) is 8.74. The molecule has 1 heterocycles. The smallest absolute Gasteiger partial charge is 0.337 e. The van der Waals surface area contributed by atoms with Crippen molar-refractivity contribution >= 4 is 23.3 Å². The number of rotatable bonds is 2. The van der Waals surface area contributed by atoms with E-state index >= 15 is 0 Å². The van der Waals surface area contributed by atoms with Crippen molar-refractivity contribution in [1.29, 1.82) is 0 Å².